The minimum Gasteiger partial charge on any atom is -0.327 e. The minimum absolute atomic E-state index is 0.581. The zero-order valence-corrected chi connectivity index (χ0v) is 14.3. The van der Waals surface area contributed by atoms with Gasteiger partial charge >= 0.3 is 0 Å². The van der Waals surface area contributed by atoms with Crippen molar-refractivity contribution in [2.24, 2.45) is 5.16 Å². The Labute approximate surface area is 138 Å². The van der Waals surface area contributed by atoms with Crippen LogP contribution >= 0.6 is 23.6 Å². The number of para-hydroxylation sites is 1. The quantitative estimate of drug-likeness (QED) is 0.348. The summed E-state index contributed by atoms with van der Waals surface area (Å²) < 4.78 is 2.85. The molecule has 0 spiro atoms. The van der Waals surface area contributed by atoms with Gasteiger partial charge in [0.1, 0.15) is 0 Å². The summed E-state index contributed by atoms with van der Waals surface area (Å²) in [5, 5.41) is 5.13. The monoisotopic (exact) mass is 335 g/mol. The molecule has 0 fully saturated rings. The van der Waals surface area contributed by atoms with Crippen molar-refractivity contribution in [3.8, 4) is 0 Å². The van der Waals surface area contributed by atoms with E-state index in [0.29, 0.717) is 17.8 Å². The van der Waals surface area contributed by atoms with Crippen LogP contribution in [0.4, 0.5) is 5.69 Å². The number of rotatable bonds is 6. The summed E-state index contributed by atoms with van der Waals surface area (Å²) >= 11 is 6.82. The molecule has 0 N–H and O–H groups in total. The van der Waals surface area contributed by atoms with Gasteiger partial charge < -0.3 is 4.57 Å². The first-order valence-corrected chi connectivity index (χ1v) is 8.02. The number of amides is 1. The average Bonchev–Trinajstić information content (AvgIpc) is 2.83. The van der Waals surface area contributed by atoms with Crippen LogP contribution in [0, 0.1) is 10.9 Å². The molecule has 1 aromatic carbocycles. The van der Waals surface area contributed by atoms with E-state index in [4.69, 9.17) is 17.2 Å². The standard InChI is InChI=1S/C15H17N3O2S2/c1-4-17-12(3)14(22-15(17)21)11(2)16-20-18(10-19)13-8-6-5-7-9-13/h5-10H,4H2,1-3H3/b16-11+. The lowest BCUT2D eigenvalue weighted by atomic mass is 10.3. The van der Waals surface area contributed by atoms with Crippen molar-refractivity contribution in [3.63, 3.8) is 0 Å². The summed E-state index contributed by atoms with van der Waals surface area (Å²) in [6.45, 7) is 6.70. The van der Waals surface area contributed by atoms with Crippen molar-refractivity contribution < 1.29 is 9.73 Å². The van der Waals surface area contributed by atoms with Crippen molar-refractivity contribution in [2.75, 3.05) is 5.06 Å². The molecule has 7 heteroatoms. The number of hydrogen-bond donors (Lipinski definition) is 0. The lowest BCUT2D eigenvalue weighted by Crippen LogP contribution is -2.19. The van der Waals surface area contributed by atoms with Gasteiger partial charge in [-0.05, 0) is 45.1 Å². The van der Waals surface area contributed by atoms with Gasteiger partial charge in [0, 0.05) is 12.2 Å². The smallest absolute Gasteiger partial charge is 0.250 e. The molecule has 5 nitrogen and oxygen atoms in total. The zero-order chi connectivity index (χ0) is 16.1. The van der Waals surface area contributed by atoms with Crippen LogP contribution in [0.25, 0.3) is 0 Å². The topological polar surface area (TPSA) is 46.8 Å². The number of hydroxylamine groups is 1. The zero-order valence-electron chi connectivity index (χ0n) is 12.6. The molecule has 116 valence electrons. The number of carbonyl (C=O) groups excluding carboxylic acids is 1. The SMILES string of the molecule is CCn1c(C)c(/C(C)=N/ON(C=O)c2ccccc2)sc1=S. The third-order valence-corrected chi connectivity index (χ3v) is 4.82. The van der Waals surface area contributed by atoms with E-state index in [0.717, 1.165) is 26.1 Å². The Morgan fingerprint density at radius 1 is 1.45 bits per heavy atom. The highest BCUT2D eigenvalue weighted by Gasteiger charge is 2.12. The van der Waals surface area contributed by atoms with Gasteiger partial charge in [-0.2, -0.15) is 0 Å². The third kappa shape index (κ3) is 3.42. The van der Waals surface area contributed by atoms with Crippen LogP contribution in [-0.4, -0.2) is 16.7 Å². The third-order valence-electron chi connectivity index (χ3n) is 3.16. The minimum atomic E-state index is 0.581. The Morgan fingerprint density at radius 3 is 2.68 bits per heavy atom. The van der Waals surface area contributed by atoms with Crippen LogP contribution in [0.5, 0.6) is 0 Å². The van der Waals surface area contributed by atoms with Crippen LogP contribution in [-0.2, 0) is 16.3 Å². The van der Waals surface area contributed by atoms with Gasteiger partial charge in [-0.15, -0.1) is 16.4 Å². The fourth-order valence-electron chi connectivity index (χ4n) is 2.03. The van der Waals surface area contributed by atoms with Gasteiger partial charge in [0.2, 0.25) is 6.41 Å². The van der Waals surface area contributed by atoms with Crippen LogP contribution in [0.1, 0.15) is 24.4 Å². The number of thiazole rings is 1. The molecule has 0 saturated heterocycles. The molecule has 0 bridgehead atoms. The first-order chi connectivity index (χ1) is 10.6. The van der Waals surface area contributed by atoms with E-state index < -0.39 is 0 Å². The summed E-state index contributed by atoms with van der Waals surface area (Å²) in [6.07, 6.45) is 0.581. The average molecular weight is 335 g/mol. The molecule has 1 aromatic heterocycles. The van der Waals surface area contributed by atoms with Gasteiger partial charge in [-0.3, -0.25) is 9.73 Å². The summed E-state index contributed by atoms with van der Waals surface area (Å²) in [6, 6.07) is 9.04. The Morgan fingerprint density at radius 2 is 2.14 bits per heavy atom. The van der Waals surface area contributed by atoms with Crippen molar-refractivity contribution in [2.45, 2.75) is 27.3 Å². The second kappa shape index (κ2) is 7.33. The lowest BCUT2D eigenvalue weighted by Gasteiger charge is -2.13. The molecule has 22 heavy (non-hydrogen) atoms. The van der Waals surface area contributed by atoms with Crippen LogP contribution in [0.3, 0.4) is 0 Å². The first-order valence-electron chi connectivity index (χ1n) is 6.80. The van der Waals surface area contributed by atoms with E-state index in [1.54, 1.807) is 12.1 Å². The van der Waals surface area contributed by atoms with Crippen molar-refractivity contribution >= 4 is 41.4 Å². The van der Waals surface area contributed by atoms with E-state index in [-0.39, 0.29) is 0 Å². The van der Waals surface area contributed by atoms with Crippen LogP contribution < -0.4 is 5.06 Å². The molecule has 0 unspecified atom stereocenters. The number of aromatic nitrogens is 1. The summed E-state index contributed by atoms with van der Waals surface area (Å²) in [4.78, 5) is 17.4. The Balaban J connectivity index is 2.22. The molecule has 0 aliphatic rings. The van der Waals surface area contributed by atoms with Crippen molar-refractivity contribution in [1.82, 2.24) is 4.57 Å². The number of oxime groups is 1. The normalized spacial score (nSPS) is 11.3. The molecule has 2 aromatic rings. The summed E-state index contributed by atoms with van der Waals surface area (Å²) in [5.41, 5.74) is 2.35. The molecular formula is C15H17N3O2S2. The summed E-state index contributed by atoms with van der Waals surface area (Å²) in [7, 11) is 0. The predicted octanol–water partition coefficient (Wildman–Crippen LogP) is 3.93. The highest BCUT2D eigenvalue weighted by molar-refractivity contribution is 7.73. The molecule has 0 aliphatic heterocycles. The molecule has 0 radical (unpaired) electrons. The predicted molar refractivity (Wildman–Crippen MR) is 91.8 cm³/mol. The fraction of sp³-hybridized carbons (Fsp3) is 0.267. The number of carbonyl (C=O) groups is 1. The maximum absolute atomic E-state index is 11.1. The molecule has 1 amide bonds. The highest BCUT2D eigenvalue weighted by atomic mass is 32.1. The Kier molecular flexibility index (Phi) is 5.46. The second-order valence-electron chi connectivity index (χ2n) is 4.55. The van der Waals surface area contributed by atoms with E-state index >= 15 is 0 Å². The molecule has 2 rings (SSSR count). The van der Waals surface area contributed by atoms with Gasteiger partial charge in [-0.25, -0.2) is 0 Å². The summed E-state index contributed by atoms with van der Waals surface area (Å²) in [5.74, 6) is 0. The second-order valence-corrected chi connectivity index (χ2v) is 6.20. The molecule has 0 saturated carbocycles. The Hall–Kier alpha value is -1.99. The number of nitrogens with zero attached hydrogens (tertiary/aromatic N) is 3. The van der Waals surface area contributed by atoms with Gasteiger partial charge in [0.25, 0.3) is 0 Å². The first kappa shape index (κ1) is 16.4. The molecule has 1 heterocycles. The fourth-order valence-corrected chi connectivity index (χ4v) is 3.54. The van der Waals surface area contributed by atoms with Gasteiger partial charge in [-0.1, -0.05) is 23.4 Å². The molecule has 0 atom stereocenters. The number of anilines is 1. The van der Waals surface area contributed by atoms with Crippen molar-refractivity contribution in [1.29, 1.82) is 0 Å². The highest BCUT2D eigenvalue weighted by Crippen LogP contribution is 2.20. The van der Waals surface area contributed by atoms with Crippen molar-refractivity contribution in [3.05, 3.63) is 44.9 Å². The van der Waals surface area contributed by atoms with Crippen LogP contribution in [0.15, 0.2) is 35.5 Å². The molecule has 0 aliphatic carbocycles. The van der Waals surface area contributed by atoms with Gasteiger partial charge in [0.15, 0.2) is 3.95 Å². The number of benzene rings is 1. The van der Waals surface area contributed by atoms with Crippen LogP contribution in [0.2, 0.25) is 0 Å². The largest absolute Gasteiger partial charge is 0.327 e. The van der Waals surface area contributed by atoms with E-state index in [1.807, 2.05) is 43.5 Å². The van der Waals surface area contributed by atoms with E-state index in [1.165, 1.54) is 11.3 Å². The lowest BCUT2D eigenvalue weighted by molar-refractivity contribution is -0.113. The number of hydrogen-bond acceptors (Lipinski definition) is 5. The Bertz CT molecular complexity index is 735. The van der Waals surface area contributed by atoms with E-state index in [2.05, 4.69) is 5.16 Å². The maximum atomic E-state index is 11.1. The molecular weight excluding hydrogens is 318 g/mol. The maximum Gasteiger partial charge on any atom is 0.250 e. The van der Waals surface area contributed by atoms with E-state index in [9.17, 15) is 4.79 Å². The van der Waals surface area contributed by atoms with Gasteiger partial charge in [0.05, 0.1) is 16.3 Å².